The number of carbonyl (C=O) groups excluding carboxylic acids is 1. The molecular weight excluding hydrogens is 801 g/mol. The third kappa shape index (κ3) is 34.2. The van der Waals surface area contributed by atoms with E-state index in [1.807, 2.05) is 0 Å². The summed E-state index contributed by atoms with van der Waals surface area (Å²) in [7, 11) is -5.06. The van der Waals surface area contributed by atoms with Crippen LogP contribution in [0.3, 0.4) is 0 Å². The summed E-state index contributed by atoms with van der Waals surface area (Å²) in [6, 6.07) is 0. The second kappa shape index (κ2) is 40.6. The Morgan fingerprint density at radius 3 is 1.31 bits per heavy atom. The highest BCUT2D eigenvalue weighted by molar-refractivity contribution is 7.80. The van der Waals surface area contributed by atoms with Gasteiger partial charge in [0.2, 0.25) is 0 Å². The van der Waals surface area contributed by atoms with Crippen LogP contribution in [-0.2, 0) is 38.3 Å². The first-order chi connectivity index (χ1) is 29.6. The van der Waals surface area contributed by atoms with Crippen LogP contribution in [0.5, 0.6) is 0 Å². The van der Waals surface area contributed by atoms with Gasteiger partial charge < -0.3 is 34.3 Å². The molecule has 0 spiro atoms. The molecule has 61 heavy (non-hydrogen) atoms. The van der Waals surface area contributed by atoms with Crippen molar-refractivity contribution in [1.82, 2.24) is 0 Å². The molecule has 0 amide bonds. The van der Waals surface area contributed by atoms with Crippen LogP contribution in [0.15, 0.2) is 0 Å². The SMILES string of the molecule is CCCCCCCCCCCCCCCCCCCCCCCCCCC(=O)OC(COCCCCCCCCCCCC)COC1OC(CO)C(O)C(OS(=O)(=O)O)C1O. The fourth-order valence-corrected chi connectivity index (χ4v) is 8.65. The molecule has 1 heterocycles. The van der Waals surface area contributed by atoms with Gasteiger partial charge in [0.15, 0.2) is 6.29 Å². The Hall–Kier alpha value is -0.900. The van der Waals surface area contributed by atoms with Crippen LogP contribution < -0.4 is 0 Å². The number of carbonyl (C=O) groups is 1. The van der Waals surface area contributed by atoms with E-state index in [9.17, 15) is 28.5 Å². The largest absolute Gasteiger partial charge is 0.457 e. The van der Waals surface area contributed by atoms with E-state index in [1.54, 1.807) is 0 Å². The molecule has 0 radical (unpaired) electrons. The number of unbranched alkanes of at least 4 members (excludes halogenated alkanes) is 32. The van der Waals surface area contributed by atoms with E-state index < -0.39 is 59.8 Å². The van der Waals surface area contributed by atoms with Crippen LogP contribution >= 0.6 is 0 Å². The van der Waals surface area contributed by atoms with Crippen molar-refractivity contribution in [2.24, 2.45) is 0 Å². The molecule has 1 aliphatic rings. The van der Waals surface area contributed by atoms with Gasteiger partial charge >= 0.3 is 16.4 Å². The van der Waals surface area contributed by atoms with Crippen molar-refractivity contribution in [3.8, 4) is 0 Å². The zero-order valence-corrected chi connectivity index (χ0v) is 39.8. The zero-order chi connectivity index (χ0) is 44.7. The van der Waals surface area contributed by atoms with Crippen LogP contribution in [-0.4, -0.2) is 97.5 Å². The monoisotopic (exact) mass is 895 g/mol. The number of hydrogen-bond donors (Lipinski definition) is 4. The van der Waals surface area contributed by atoms with Crippen LogP contribution in [0.4, 0.5) is 0 Å². The Bertz CT molecular complexity index is 1080. The number of ether oxygens (including phenoxy) is 4. The molecular formula is C48H94O12S. The van der Waals surface area contributed by atoms with Gasteiger partial charge in [-0.15, -0.1) is 0 Å². The van der Waals surface area contributed by atoms with Gasteiger partial charge in [0.25, 0.3) is 0 Å². The Balaban J connectivity index is 2.26. The highest BCUT2D eigenvalue weighted by Crippen LogP contribution is 2.26. The Morgan fingerprint density at radius 2 is 0.934 bits per heavy atom. The maximum Gasteiger partial charge on any atom is 0.397 e. The standard InChI is InChI=1S/C48H94O12S/c1-3-5-7-9-11-13-15-16-17-18-19-20-21-22-23-24-25-26-27-28-29-31-33-35-37-44(50)58-42(40-56-38-36-34-32-30-14-12-10-8-6-4-2)41-57-48-46(52)47(60-61(53,54)55)45(51)43(39-49)59-48/h42-43,45-49,51-52H,3-41H2,1-2H3,(H,53,54,55). The molecule has 12 nitrogen and oxygen atoms in total. The van der Waals surface area contributed by atoms with Crippen molar-refractivity contribution >= 4 is 16.4 Å². The lowest BCUT2D eigenvalue weighted by molar-refractivity contribution is -0.301. The Kier molecular flexibility index (Phi) is 38.7. The Morgan fingerprint density at radius 1 is 0.557 bits per heavy atom. The number of aliphatic hydroxyl groups excluding tert-OH is 3. The molecule has 0 saturated carbocycles. The first kappa shape index (κ1) is 58.1. The molecule has 6 unspecified atom stereocenters. The number of hydrogen-bond acceptors (Lipinski definition) is 11. The summed E-state index contributed by atoms with van der Waals surface area (Å²) >= 11 is 0. The fourth-order valence-electron chi connectivity index (χ4n) is 8.15. The van der Waals surface area contributed by atoms with E-state index in [2.05, 4.69) is 18.0 Å². The van der Waals surface area contributed by atoms with E-state index in [0.717, 1.165) is 38.5 Å². The van der Waals surface area contributed by atoms with E-state index >= 15 is 0 Å². The van der Waals surface area contributed by atoms with Gasteiger partial charge in [-0.3, -0.25) is 9.35 Å². The molecule has 1 saturated heterocycles. The van der Waals surface area contributed by atoms with Crippen molar-refractivity contribution in [1.29, 1.82) is 0 Å². The highest BCUT2D eigenvalue weighted by Gasteiger charge is 2.48. The number of aliphatic hydroxyl groups is 3. The molecule has 1 aliphatic heterocycles. The van der Waals surface area contributed by atoms with Crippen molar-refractivity contribution in [3.05, 3.63) is 0 Å². The smallest absolute Gasteiger partial charge is 0.397 e. The lowest BCUT2D eigenvalue weighted by Crippen LogP contribution is -2.60. The van der Waals surface area contributed by atoms with Crippen molar-refractivity contribution in [2.75, 3.05) is 26.4 Å². The summed E-state index contributed by atoms with van der Waals surface area (Å²) in [5.41, 5.74) is 0. The fraction of sp³-hybridized carbons (Fsp3) is 0.979. The molecule has 0 bridgehead atoms. The summed E-state index contributed by atoms with van der Waals surface area (Å²) in [4.78, 5) is 12.9. The second-order valence-electron chi connectivity index (χ2n) is 17.8. The lowest BCUT2D eigenvalue weighted by atomic mass is 9.99. The molecule has 1 fully saturated rings. The minimum Gasteiger partial charge on any atom is -0.457 e. The van der Waals surface area contributed by atoms with E-state index in [0.29, 0.717) is 13.0 Å². The number of esters is 1. The van der Waals surface area contributed by atoms with Crippen molar-refractivity contribution in [3.63, 3.8) is 0 Å². The Labute approximate surface area is 373 Å². The van der Waals surface area contributed by atoms with Gasteiger partial charge in [-0.1, -0.05) is 219 Å². The number of rotatable bonds is 45. The third-order valence-corrected chi connectivity index (χ3v) is 12.4. The summed E-state index contributed by atoms with van der Waals surface area (Å²) < 4.78 is 59.1. The summed E-state index contributed by atoms with van der Waals surface area (Å²) in [6.07, 6.45) is 34.4. The molecule has 4 N–H and O–H groups in total. The first-order valence-electron chi connectivity index (χ1n) is 25.3. The van der Waals surface area contributed by atoms with Crippen LogP contribution in [0.2, 0.25) is 0 Å². The van der Waals surface area contributed by atoms with E-state index in [4.69, 9.17) is 23.5 Å². The molecule has 0 aliphatic carbocycles. The predicted molar refractivity (Wildman–Crippen MR) is 244 cm³/mol. The van der Waals surface area contributed by atoms with Crippen LogP contribution in [0, 0.1) is 0 Å². The first-order valence-corrected chi connectivity index (χ1v) is 26.7. The maximum absolute atomic E-state index is 12.9. The van der Waals surface area contributed by atoms with Crippen LogP contribution in [0.1, 0.15) is 239 Å². The maximum atomic E-state index is 12.9. The molecule has 0 aromatic heterocycles. The molecule has 364 valence electrons. The van der Waals surface area contributed by atoms with Gasteiger partial charge in [0, 0.05) is 13.0 Å². The topological polar surface area (TPSA) is 178 Å². The third-order valence-electron chi connectivity index (χ3n) is 12.0. The zero-order valence-electron chi connectivity index (χ0n) is 39.0. The minimum absolute atomic E-state index is 0.0441. The molecule has 1 rings (SSSR count). The van der Waals surface area contributed by atoms with Gasteiger partial charge in [0.05, 0.1) is 19.8 Å². The average molecular weight is 895 g/mol. The van der Waals surface area contributed by atoms with Gasteiger partial charge in [0.1, 0.15) is 30.5 Å². The molecule has 0 aromatic carbocycles. The average Bonchev–Trinajstić information content (AvgIpc) is 3.23. The lowest BCUT2D eigenvalue weighted by Gasteiger charge is -2.41. The van der Waals surface area contributed by atoms with Crippen LogP contribution in [0.25, 0.3) is 0 Å². The summed E-state index contributed by atoms with van der Waals surface area (Å²) in [6.45, 7) is 4.03. The van der Waals surface area contributed by atoms with E-state index in [1.165, 1.54) is 173 Å². The summed E-state index contributed by atoms with van der Waals surface area (Å²) in [5, 5.41) is 30.7. The van der Waals surface area contributed by atoms with Gasteiger partial charge in [-0.2, -0.15) is 8.42 Å². The van der Waals surface area contributed by atoms with Gasteiger partial charge in [-0.05, 0) is 12.8 Å². The second-order valence-corrected chi connectivity index (χ2v) is 18.8. The quantitative estimate of drug-likeness (QED) is 0.0259. The molecule has 13 heteroatoms. The normalized spacial score (nSPS) is 20.0. The van der Waals surface area contributed by atoms with Crippen molar-refractivity contribution < 1.29 is 56.2 Å². The highest BCUT2D eigenvalue weighted by atomic mass is 32.3. The predicted octanol–water partition coefficient (Wildman–Crippen LogP) is 11.3. The van der Waals surface area contributed by atoms with E-state index in [-0.39, 0.29) is 19.6 Å². The summed E-state index contributed by atoms with van der Waals surface area (Å²) in [5.74, 6) is -0.392. The molecule has 0 aromatic rings. The minimum atomic E-state index is -5.06. The van der Waals surface area contributed by atoms with Gasteiger partial charge in [-0.25, -0.2) is 4.18 Å². The molecule has 6 atom stereocenters. The van der Waals surface area contributed by atoms with Crippen molar-refractivity contribution in [2.45, 2.75) is 275 Å².